The lowest BCUT2D eigenvalue weighted by Crippen LogP contribution is -2.12. The largest absolute Gasteiger partial charge is 0.478 e. The number of anilines is 1. The highest BCUT2D eigenvalue weighted by molar-refractivity contribution is 5.92. The molecule has 0 fully saturated rings. The maximum absolute atomic E-state index is 11.5. The molecule has 5 nitrogen and oxygen atoms in total. The van der Waals surface area contributed by atoms with Crippen molar-refractivity contribution in [3.63, 3.8) is 0 Å². The second-order valence-electron chi connectivity index (χ2n) is 3.69. The van der Waals surface area contributed by atoms with Crippen molar-refractivity contribution in [2.24, 2.45) is 0 Å². The van der Waals surface area contributed by atoms with Crippen molar-refractivity contribution in [2.45, 2.75) is 25.7 Å². The van der Waals surface area contributed by atoms with Crippen LogP contribution in [0.15, 0.2) is 18.3 Å². The molecule has 0 aromatic carbocycles. The average Bonchev–Trinajstić information content (AvgIpc) is 2.35. The van der Waals surface area contributed by atoms with E-state index < -0.39 is 5.97 Å². The highest BCUT2D eigenvalue weighted by Gasteiger charge is 2.06. The molecular weight excluding hydrogens is 232 g/mol. The van der Waals surface area contributed by atoms with Gasteiger partial charge < -0.3 is 10.4 Å². The van der Waals surface area contributed by atoms with E-state index in [1.807, 2.05) is 0 Å². The molecule has 0 saturated carbocycles. The van der Waals surface area contributed by atoms with Crippen LogP contribution in [0.4, 0.5) is 5.82 Å². The predicted molar refractivity (Wildman–Crippen MR) is 67.1 cm³/mol. The smallest absolute Gasteiger partial charge is 0.335 e. The Hall–Kier alpha value is -2.35. The highest BCUT2D eigenvalue weighted by Crippen LogP contribution is 2.08. The van der Waals surface area contributed by atoms with Gasteiger partial charge in [0, 0.05) is 19.0 Å². The van der Waals surface area contributed by atoms with Crippen molar-refractivity contribution in [1.82, 2.24) is 4.98 Å². The van der Waals surface area contributed by atoms with Gasteiger partial charge in [-0.05, 0) is 25.0 Å². The summed E-state index contributed by atoms with van der Waals surface area (Å²) in [6.07, 6.45) is 8.94. The van der Waals surface area contributed by atoms with Crippen LogP contribution in [0.5, 0.6) is 0 Å². The van der Waals surface area contributed by atoms with Crippen molar-refractivity contribution in [1.29, 1.82) is 0 Å². The molecule has 0 radical (unpaired) electrons. The van der Waals surface area contributed by atoms with Gasteiger partial charge in [0.1, 0.15) is 5.82 Å². The minimum Gasteiger partial charge on any atom is -0.478 e. The summed E-state index contributed by atoms with van der Waals surface area (Å²) in [6.45, 7) is 0. The van der Waals surface area contributed by atoms with Gasteiger partial charge in [0.2, 0.25) is 5.91 Å². The fourth-order valence-corrected chi connectivity index (χ4v) is 1.35. The van der Waals surface area contributed by atoms with E-state index in [4.69, 9.17) is 11.5 Å². The molecule has 0 aliphatic carbocycles. The van der Waals surface area contributed by atoms with Gasteiger partial charge in [0.25, 0.3) is 0 Å². The number of carboxylic acids is 1. The number of amides is 1. The van der Waals surface area contributed by atoms with E-state index in [2.05, 4.69) is 16.2 Å². The van der Waals surface area contributed by atoms with Crippen LogP contribution in [0.2, 0.25) is 0 Å². The quantitative estimate of drug-likeness (QED) is 0.593. The number of rotatable bonds is 6. The zero-order chi connectivity index (χ0) is 13.4. The molecule has 1 amide bonds. The van der Waals surface area contributed by atoms with Crippen molar-refractivity contribution < 1.29 is 14.7 Å². The van der Waals surface area contributed by atoms with Crippen molar-refractivity contribution in [3.05, 3.63) is 23.9 Å². The maximum atomic E-state index is 11.5. The molecule has 0 unspecified atom stereocenters. The predicted octanol–water partition coefficient (Wildman–Crippen LogP) is 1.91. The summed E-state index contributed by atoms with van der Waals surface area (Å²) in [7, 11) is 0. The van der Waals surface area contributed by atoms with Crippen molar-refractivity contribution in [3.8, 4) is 12.3 Å². The highest BCUT2D eigenvalue weighted by atomic mass is 16.4. The summed E-state index contributed by atoms with van der Waals surface area (Å²) < 4.78 is 0. The number of hydrogen-bond acceptors (Lipinski definition) is 3. The molecule has 0 bridgehead atoms. The topological polar surface area (TPSA) is 79.3 Å². The summed E-state index contributed by atoms with van der Waals surface area (Å²) >= 11 is 0. The molecule has 0 atom stereocenters. The summed E-state index contributed by atoms with van der Waals surface area (Å²) in [5.41, 5.74) is 0.0904. The van der Waals surface area contributed by atoms with Crippen LogP contribution in [0.3, 0.4) is 0 Å². The van der Waals surface area contributed by atoms with Crippen LogP contribution in [0.1, 0.15) is 36.0 Å². The molecule has 1 rings (SSSR count). The molecule has 1 aromatic rings. The van der Waals surface area contributed by atoms with E-state index in [-0.39, 0.29) is 17.3 Å². The number of aromatic carboxylic acids is 1. The van der Waals surface area contributed by atoms with Crippen LogP contribution in [0, 0.1) is 12.3 Å². The molecule has 2 N–H and O–H groups in total. The summed E-state index contributed by atoms with van der Waals surface area (Å²) in [4.78, 5) is 26.1. The Morgan fingerprint density at radius 2 is 2.22 bits per heavy atom. The molecule has 18 heavy (non-hydrogen) atoms. The molecule has 0 aliphatic rings. The van der Waals surface area contributed by atoms with Crippen LogP contribution < -0.4 is 5.32 Å². The summed E-state index contributed by atoms with van der Waals surface area (Å²) in [5, 5.41) is 11.3. The first-order valence-electron chi connectivity index (χ1n) is 5.56. The lowest BCUT2D eigenvalue weighted by atomic mass is 10.2. The van der Waals surface area contributed by atoms with Gasteiger partial charge in [-0.3, -0.25) is 4.79 Å². The molecule has 0 spiro atoms. The molecule has 94 valence electrons. The second-order valence-corrected chi connectivity index (χ2v) is 3.69. The Bertz CT molecular complexity index is 477. The molecule has 5 heteroatoms. The van der Waals surface area contributed by atoms with Gasteiger partial charge in [0.05, 0.1) is 5.56 Å². The fraction of sp³-hybridized carbons (Fsp3) is 0.308. The van der Waals surface area contributed by atoms with Gasteiger partial charge in [-0.1, -0.05) is 0 Å². The van der Waals surface area contributed by atoms with E-state index in [0.717, 1.165) is 6.42 Å². The third kappa shape index (κ3) is 4.66. The average molecular weight is 246 g/mol. The first kappa shape index (κ1) is 13.7. The van der Waals surface area contributed by atoms with Crippen LogP contribution in [-0.2, 0) is 4.79 Å². The Morgan fingerprint density at radius 1 is 1.44 bits per heavy atom. The van der Waals surface area contributed by atoms with Crippen LogP contribution >= 0.6 is 0 Å². The Morgan fingerprint density at radius 3 is 2.89 bits per heavy atom. The SMILES string of the molecule is C#CCCCCC(=O)Nc1cc(C(=O)O)ccn1. The van der Waals surface area contributed by atoms with Gasteiger partial charge in [-0.15, -0.1) is 12.3 Å². The number of carbonyl (C=O) groups is 2. The van der Waals surface area contributed by atoms with Gasteiger partial charge in [-0.2, -0.15) is 0 Å². The number of aromatic nitrogens is 1. The number of unbranched alkanes of at least 4 members (excludes halogenated alkanes) is 2. The zero-order valence-corrected chi connectivity index (χ0v) is 9.85. The van der Waals surface area contributed by atoms with Crippen molar-refractivity contribution >= 4 is 17.7 Å². The third-order valence-electron chi connectivity index (χ3n) is 2.25. The number of pyridine rings is 1. The Labute approximate surface area is 105 Å². The van der Waals surface area contributed by atoms with E-state index in [9.17, 15) is 9.59 Å². The van der Waals surface area contributed by atoms with Gasteiger partial charge in [0.15, 0.2) is 0 Å². The Balaban J connectivity index is 2.47. The number of nitrogens with zero attached hydrogens (tertiary/aromatic N) is 1. The molecular formula is C13H14N2O3. The minimum atomic E-state index is -1.05. The standard InChI is InChI=1S/C13H14N2O3/c1-2-3-4-5-6-12(16)15-11-9-10(13(17)18)7-8-14-11/h1,7-9H,3-6H2,(H,17,18)(H,14,15,16). The Kier molecular flexibility index (Phi) is 5.39. The van der Waals surface area contributed by atoms with Crippen LogP contribution in [0.25, 0.3) is 0 Å². The lowest BCUT2D eigenvalue weighted by molar-refractivity contribution is -0.116. The van der Waals surface area contributed by atoms with Gasteiger partial charge in [-0.25, -0.2) is 9.78 Å². The van der Waals surface area contributed by atoms with Crippen LogP contribution in [-0.4, -0.2) is 22.0 Å². The number of terminal acetylenes is 1. The second kappa shape index (κ2) is 7.07. The van der Waals surface area contributed by atoms with E-state index in [1.54, 1.807) is 0 Å². The van der Waals surface area contributed by atoms with Gasteiger partial charge >= 0.3 is 5.97 Å². The third-order valence-corrected chi connectivity index (χ3v) is 2.25. The molecule has 0 aliphatic heterocycles. The summed E-state index contributed by atoms with van der Waals surface area (Å²) in [5.74, 6) is 1.50. The minimum absolute atomic E-state index is 0.0904. The first-order valence-corrected chi connectivity index (χ1v) is 5.56. The number of carbonyl (C=O) groups excluding carboxylic acids is 1. The van der Waals surface area contributed by atoms with E-state index in [1.165, 1.54) is 18.3 Å². The number of carboxylic acid groups (broad SMARTS) is 1. The van der Waals surface area contributed by atoms with E-state index >= 15 is 0 Å². The maximum Gasteiger partial charge on any atom is 0.335 e. The van der Waals surface area contributed by atoms with Crippen molar-refractivity contribution in [2.75, 3.05) is 5.32 Å². The molecule has 1 heterocycles. The molecule has 0 saturated heterocycles. The fourth-order valence-electron chi connectivity index (χ4n) is 1.35. The normalized spacial score (nSPS) is 9.50. The first-order chi connectivity index (χ1) is 8.63. The summed E-state index contributed by atoms with van der Waals surface area (Å²) in [6, 6.07) is 2.69. The monoisotopic (exact) mass is 246 g/mol. The molecule has 1 aromatic heterocycles. The number of hydrogen-bond donors (Lipinski definition) is 2. The number of nitrogens with one attached hydrogen (secondary N) is 1. The van der Waals surface area contributed by atoms with E-state index in [0.29, 0.717) is 19.3 Å². The lowest BCUT2D eigenvalue weighted by Gasteiger charge is -2.04. The zero-order valence-electron chi connectivity index (χ0n) is 9.85.